The Labute approximate surface area is 99.3 Å². The summed E-state index contributed by atoms with van der Waals surface area (Å²) in [6, 6.07) is 0.825. The number of nitrogens with zero attached hydrogens (tertiary/aromatic N) is 1. The molecule has 1 aliphatic rings. The van der Waals surface area contributed by atoms with Crippen molar-refractivity contribution in [3.05, 3.63) is 0 Å². The summed E-state index contributed by atoms with van der Waals surface area (Å²) in [6.07, 6.45) is 3.96. The molecule has 1 N–H and O–H groups in total. The number of ether oxygens (including phenoxy) is 2. The molecular weight excluding hydrogens is 204 g/mol. The molecular formula is C12H26N2O2. The van der Waals surface area contributed by atoms with Crippen LogP contribution in [0.15, 0.2) is 0 Å². The summed E-state index contributed by atoms with van der Waals surface area (Å²) in [5.41, 5.74) is 0. The van der Waals surface area contributed by atoms with Crippen LogP contribution in [0.2, 0.25) is 0 Å². The topological polar surface area (TPSA) is 33.7 Å². The molecule has 0 spiro atoms. The van der Waals surface area contributed by atoms with E-state index in [2.05, 4.69) is 10.2 Å². The third-order valence-electron chi connectivity index (χ3n) is 2.88. The quantitative estimate of drug-likeness (QED) is 0.530. The van der Waals surface area contributed by atoms with Crippen LogP contribution in [0.5, 0.6) is 0 Å². The van der Waals surface area contributed by atoms with Gasteiger partial charge in [0.15, 0.2) is 0 Å². The van der Waals surface area contributed by atoms with Gasteiger partial charge < -0.3 is 14.8 Å². The van der Waals surface area contributed by atoms with Crippen LogP contribution in [0, 0.1) is 0 Å². The molecule has 0 aromatic carbocycles. The molecule has 0 aliphatic heterocycles. The molecule has 4 nitrogen and oxygen atoms in total. The van der Waals surface area contributed by atoms with Gasteiger partial charge in [-0.25, -0.2) is 0 Å². The summed E-state index contributed by atoms with van der Waals surface area (Å²) in [4.78, 5) is 2.40. The highest BCUT2D eigenvalue weighted by molar-refractivity contribution is 4.80. The summed E-state index contributed by atoms with van der Waals surface area (Å²) in [7, 11) is 3.51. The molecule has 0 aromatic rings. The van der Waals surface area contributed by atoms with E-state index in [9.17, 15) is 0 Å². The van der Waals surface area contributed by atoms with E-state index in [1.54, 1.807) is 14.2 Å². The first-order chi connectivity index (χ1) is 7.86. The van der Waals surface area contributed by atoms with Crippen molar-refractivity contribution in [2.24, 2.45) is 0 Å². The minimum atomic E-state index is 0.805. The number of hydrogen-bond donors (Lipinski definition) is 1. The van der Waals surface area contributed by atoms with Gasteiger partial charge in [-0.3, -0.25) is 4.90 Å². The molecule has 0 atom stereocenters. The van der Waals surface area contributed by atoms with Crippen molar-refractivity contribution in [2.75, 3.05) is 53.6 Å². The predicted octanol–water partition coefficient (Wildman–Crippen LogP) is 0.723. The van der Waals surface area contributed by atoms with Gasteiger partial charge in [-0.15, -0.1) is 0 Å². The molecule has 96 valence electrons. The summed E-state index contributed by atoms with van der Waals surface area (Å²) >= 11 is 0. The number of methoxy groups -OCH3 is 2. The molecule has 0 radical (unpaired) electrons. The number of rotatable bonds is 11. The average Bonchev–Trinajstić information content (AvgIpc) is 3.11. The van der Waals surface area contributed by atoms with Crippen LogP contribution in [0.25, 0.3) is 0 Å². The first-order valence-electron chi connectivity index (χ1n) is 6.30. The van der Waals surface area contributed by atoms with Gasteiger partial charge >= 0.3 is 0 Å². The van der Waals surface area contributed by atoms with E-state index in [-0.39, 0.29) is 0 Å². The van der Waals surface area contributed by atoms with Crippen LogP contribution >= 0.6 is 0 Å². The van der Waals surface area contributed by atoms with Crippen LogP contribution in [0.1, 0.15) is 19.3 Å². The molecule has 1 rings (SSSR count). The van der Waals surface area contributed by atoms with E-state index >= 15 is 0 Å². The molecule has 4 heteroatoms. The molecule has 0 unspecified atom stereocenters. The zero-order chi connectivity index (χ0) is 11.6. The maximum atomic E-state index is 5.11. The first kappa shape index (κ1) is 13.9. The lowest BCUT2D eigenvalue weighted by Gasteiger charge is -2.21. The molecule has 0 amide bonds. The lowest BCUT2D eigenvalue weighted by molar-refractivity contribution is 0.113. The Kier molecular flexibility index (Phi) is 7.76. The van der Waals surface area contributed by atoms with Gasteiger partial charge in [0.05, 0.1) is 13.2 Å². The van der Waals surface area contributed by atoms with Crippen LogP contribution in [0.3, 0.4) is 0 Å². The second kappa shape index (κ2) is 8.93. The Balaban J connectivity index is 1.99. The summed E-state index contributed by atoms with van der Waals surface area (Å²) in [5, 5.41) is 3.53. The Hall–Kier alpha value is -0.160. The van der Waals surface area contributed by atoms with Gasteiger partial charge in [0.2, 0.25) is 0 Å². The third-order valence-corrected chi connectivity index (χ3v) is 2.88. The van der Waals surface area contributed by atoms with E-state index in [1.807, 2.05) is 0 Å². The highest BCUT2D eigenvalue weighted by Gasteiger charge is 2.19. The fourth-order valence-corrected chi connectivity index (χ4v) is 1.67. The zero-order valence-electron chi connectivity index (χ0n) is 10.7. The SMILES string of the molecule is COCCN(CCCNC1CC1)CCOC. The van der Waals surface area contributed by atoms with Crippen molar-refractivity contribution in [2.45, 2.75) is 25.3 Å². The summed E-state index contributed by atoms with van der Waals surface area (Å²) in [6.45, 7) is 5.89. The first-order valence-corrected chi connectivity index (χ1v) is 6.30. The van der Waals surface area contributed by atoms with Gasteiger partial charge in [-0.05, 0) is 32.4 Å². The van der Waals surface area contributed by atoms with Crippen molar-refractivity contribution in [3.8, 4) is 0 Å². The zero-order valence-corrected chi connectivity index (χ0v) is 10.7. The highest BCUT2D eigenvalue weighted by atomic mass is 16.5. The van der Waals surface area contributed by atoms with Crippen LogP contribution in [0.4, 0.5) is 0 Å². The van der Waals surface area contributed by atoms with Gasteiger partial charge in [-0.1, -0.05) is 0 Å². The minimum absolute atomic E-state index is 0.805. The molecule has 0 aromatic heterocycles. The Morgan fingerprint density at radius 2 is 1.69 bits per heavy atom. The van der Waals surface area contributed by atoms with E-state index in [4.69, 9.17) is 9.47 Å². The van der Waals surface area contributed by atoms with E-state index in [1.165, 1.54) is 19.3 Å². The normalized spacial score (nSPS) is 15.9. The molecule has 0 heterocycles. The maximum Gasteiger partial charge on any atom is 0.0589 e. The molecule has 16 heavy (non-hydrogen) atoms. The fourth-order valence-electron chi connectivity index (χ4n) is 1.67. The monoisotopic (exact) mass is 230 g/mol. The average molecular weight is 230 g/mol. The smallest absolute Gasteiger partial charge is 0.0589 e. The van der Waals surface area contributed by atoms with Crippen molar-refractivity contribution >= 4 is 0 Å². The third kappa shape index (κ3) is 7.17. The molecule has 0 saturated heterocycles. The van der Waals surface area contributed by atoms with E-state index in [0.717, 1.165) is 45.4 Å². The molecule has 1 saturated carbocycles. The predicted molar refractivity (Wildman–Crippen MR) is 65.8 cm³/mol. The Morgan fingerprint density at radius 3 is 2.19 bits per heavy atom. The Morgan fingerprint density at radius 1 is 1.06 bits per heavy atom. The van der Waals surface area contributed by atoms with Gasteiger partial charge in [0.1, 0.15) is 0 Å². The molecule has 1 fully saturated rings. The minimum Gasteiger partial charge on any atom is -0.383 e. The van der Waals surface area contributed by atoms with Crippen LogP contribution < -0.4 is 5.32 Å². The second-order valence-corrected chi connectivity index (χ2v) is 4.41. The largest absolute Gasteiger partial charge is 0.383 e. The van der Waals surface area contributed by atoms with Crippen LogP contribution in [-0.2, 0) is 9.47 Å². The maximum absolute atomic E-state index is 5.11. The lowest BCUT2D eigenvalue weighted by Crippen LogP contribution is -2.33. The van der Waals surface area contributed by atoms with E-state index < -0.39 is 0 Å². The van der Waals surface area contributed by atoms with Gasteiger partial charge in [0.25, 0.3) is 0 Å². The van der Waals surface area contributed by atoms with Gasteiger partial charge in [-0.2, -0.15) is 0 Å². The lowest BCUT2D eigenvalue weighted by atomic mass is 10.3. The number of nitrogens with one attached hydrogen (secondary N) is 1. The second-order valence-electron chi connectivity index (χ2n) is 4.41. The Bertz CT molecular complexity index is 155. The summed E-state index contributed by atoms with van der Waals surface area (Å²) in [5.74, 6) is 0. The number of hydrogen-bond acceptors (Lipinski definition) is 4. The van der Waals surface area contributed by atoms with Crippen molar-refractivity contribution < 1.29 is 9.47 Å². The standard InChI is InChI=1S/C12H26N2O2/c1-15-10-8-14(9-11-16-2)7-3-6-13-12-4-5-12/h12-13H,3-11H2,1-2H3. The van der Waals surface area contributed by atoms with Crippen molar-refractivity contribution in [1.29, 1.82) is 0 Å². The molecule has 1 aliphatic carbocycles. The van der Waals surface area contributed by atoms with Crippen molar-refractivity contribution in [3.63, 3.8) is 0 Å². The fraction of sp³-hybridized carbons (Fsp3) is 1.00. The van der Waals surface area contributed by atoms with Gasteiger partial charge in [0, 0.05) is 33.4 Å². The highest BCUT2D eigenvalue weighted by Crippen LogP contribution is 2.18. The van der Waals surface area contributed by atoms with E-state index in [0.29, 0.717) is 0 Å². The van der Waals surface area contributed by atoms with Crippen LogP contribution in [-0.4, -0.2) is 64.6 Å². The summed E-state index contributed by atoms with van der Waals surface area (Å²) < 4.78 is 10.2. The van der Waals surface area contributed by atoms with Crippen molar-refractivity contribution in [1.82, 2.24) is 10.2 Å². The molecule has 0 bridgehead atoms.